The van der Waals surface area contributed by atoms with E-state index in [4.69, 9.17) is 0 Å². The predicted octanol–water partition coefficient (Wildman–Crippen LogP) is 2.49. The number of hydrogen-bond donors (Lipinski definition) is 1. The molecule has 8 nitrogen and oxygen atoms in total. The Balaban J connectivity index is 1.45. The summed E-state index contributed by atoms with van der Waals surface area (Å²) in [5.74, 6) is -1.18. The van der Waals surface area contributed by atoms with Gasteiger partial charge in [-0.05, 0) is 43.2 Å². The largest absolute Gasteiger partial charge is 0.324 e. The maximum absolute atomic E-state index is 12.9. The zero-order valence-electron chi connectivity index (χ0n) is 16.2. The lowest BCUT2D eigenvalue weighted by Gasteiger charge is -2.20. The first-order valence-corrected chi connectivity index (χ1v) is 9.48. The van der Waals surface area contributed by atoms with Crippen molar-refractivity contribution < 1.29 is 14.4 Å². The van der Waals surface area contributed by atoms with E-state index in [0.717, 1.165) is 16.9 Å². The molecule has 1 fully saturated rings. The molecule has 2 aromatic rings. The van der Waals surface area contributed by atoms with Crippen LogP contribution in [-0.4, -0.2) is 41.4 Å². The van der Waals surface area contributed by atoms with Gasteiger partial charge in [0.05, 0.1) is 5.69 Å². The number of carbonyl (C=O) groups excluding carboxylic acids is 3. The standard InChI is InChI=1S/C21H21N5O3/c1-3-14-6-8-15(9-7-14)22-17(27)12-25-19-18(23-24-25)20(28)26(21(19)29)16-10-4-13(2)5-11-16/h4-11,18-19H,3,12H2,1-2H3,(H,22,27)/t18-,19+/m1/s1. The Kier molecular flexibility index (Phi) is 4.84. The third-order valence-electron chi connectivity index (χ3n) is 5.10. The first-order valence-electron chi connectivity index (χ1n) is 9.48. The van der Waals surface area contributed by atoms with Gasteiger partial charge in [-0.3, -0.25) is 19.4 Å². The Morgan fingerprint density at radius 3 is 2.38 bits per heavy atom. The van der Waals surface area contributed by atoms with E-state index in [1.165, 1.54) is 10.6 Å². The number of carbonyl (C=O) groups is 3. The van der Waals surface area contributed by atoms with Crippen molar-refractivity contribution in [1.82, 2.24) is 5.01 Å². The van der Waals surface area contributed by atoms with Crippen molar-refractivity contribution >= 4 is 29.1 Å². The second-order valence-corrected chi connectivity index (χ2v) is 7.14. The van der Waals surface area contributed by atoms with Gasteiger partial charge in [0.2, 0.25) is 5.91 Å². The summed E-state index contributed by atoms with van der Waals surface area (Å²) >= 11 is 0. The molecule has 148 valence electrons. The van der Waals surface area contributed by atoms with E-state index in [9.17, 15) is 14.4 Å². The van der Waals surface area contributed by atoms with Gasteiger partial charge in [-0.25, -0.2) is 4.90 Å². The molecular formula is C21H21N5O3. The number of nitrogens with zero attached hydrogens (tertiary/aromatic N) is 4. The first kappa shape index (κ1) is 18.8. The molecule has 8 heteroatoms. The van der Waals surface area contributed by atoms with E-state index in [1.807, 2.05) is 43.3 Å². The van der Waals surface area contributed by atoms with Crippen LogP contribution in [0.15, 0.2) is 58.9 Å². The molecule has 2 aromatic carbocycles. The van der Waals surface area contributed by atoms with E-state index in [0.29, 0.717) is 11.4 Å². The minimum Gasteiger partial charge on any atom is -0.324 e. The van der Waals surface area contributed by atoms with E-state index in [-0.39, 0.29) is 12.5 Å². The van der Waals surface area contributed by atoms with Crippen LogP contribution in [0.25, 0.3) is 0 Å². The van der Waals surface area contributed by atoms with E-state index < -0.39 is 23.9 Å². The quantitative estimate of drug-likeness (QED) is 0.793. The lowest BCUT2D eigenvalue weighted by molar-refractivity contribution is -0.123. The molecule has 1 saturated heterocycles. The molecule has 0 spiro atoms. The molecule has 2 aliphatic rings. The van der Waals surface area contributed by atoms with Gasteiger partial charge in [-0.15, -0.1) is 0 Å². The van der Waals surface area contributed by atoms with Crippen LogP contribution in [0.1, 0.15) is 18.1 Å². The van der Waals surface area contributed by atoms with Crippen molar-refractivity contribution in [2.45, 2.75) is 32.4 Å². The van der Waals surface area contributed by atoms with Crippen LogP contribution in [0.3, 0.4) is 0 Å². The third-order valence-corrected chi connectivity index (χ3v) is 5.10. The minimum absolute atomic E-state index is 0.166. The summed E-state index contributed by atoms with van der Waals surface area (Å²) in [7, 11) is 0. The molecule has 4 rings (SSSR count). The fourth-order valence-corrected chi connectivity index (χ4v) is 3.47. The van der Waals surface area contributed by atoms with E-state index >= 15 is 0 Å². The molecule has 0 saturated carbocycles. The summed E-state index contributed by atoms with van der Waals surface area (Å²) in [6.45, 7) is 3.82. The fourth-order valence-electron chi connectivity index (χ4n) is 3.47. The number of aryl methyl sites for hydroxylation is 2. The van der Waals surface area contributed by atoms with Crippen molar-refractivity contribution in [2.75, 3.05) is 16.8 Å². The highest BCUT2D eigenvalue weighted by atomic mass is 16.2. The molecule has 0 radical (unpaired) electrons. The van der Waals surface area contributed by atoms with Crippen molar-refractivity contribution in [3.63, 3.8) is 0 Å². The van der Waals surface area contributed by atoms with Crippen LogP contribution in [0, 0.1) is 6.92 Å². The summed E-state index contributed by atoms with van der Waals surface area (Å²) < 4.78 is 0. The smallest absolute Gasteiger partial charge is 0.263 e. The maximum atomic E-state index is 12.9. The zero-order chi connectivity index (χ0) is 20.5. The van der Waals surface area contributed by atoms with Crippen LogP contribution in [0.5, 0.6) is 0 Å². The van der Waals surface area contributed by atoms with Crippen LogP contribution >= 0.6 is 0 Å². The van der Waals surface area contributed by atoms with Crippen molar-refractivity contribution in [3.05, 3.63) is 59.7 Å². The van der Waals surface area contributed by atoms with E-state index in [1.54, 1.807) is 12.1 Å². The number of imide groups is 1. The normalized spacial score (nSPS) is 20.3. The summed E-state index contributed by atoms with van der Waals surface area (Å²) in [6.07, 6.45) is 0.916. The van der Waals surface area contributed by atoms with Crippen LogP contribution in [0.2, 0.25) is 0 Å². The van der Waals surface area contributed by atoms with Crippen LogP contribution in [0.4, 0.5) is 11.4 Å². The third kappa shape index (κ3) is 3.49. The lowest BCUT2D eigenvalue weighted by atomic mass is 10.1. The maximum Gasteiger partial charge on any atom is 0.263 e. The van der Waals surface area contributed by atoms with Gasteiger partial charge in [0.15, 0.2) is 12.1 Å². The number of rotatable bonds is 5. The molecule has 0 bridgehead atoms. The molecular weight excluding hydrogens is 370 g/mol. The minimum atomic E-state index is -0.916. The number of benzene rings is 2. The number of amides is 3. The van der Waals surface area contributed by atoms with Gasteiger partial charge in [0.1, 0.15) is 6.54 Å². The highest BCUT2D eigenvalue weighted by molar-refractivity contribution is 6.25. The Labute approximate surface area is 168 Å². The van der Waals surface area contributed by atoms with Gasteiger partial charge in [0.25, 0.3) is 11.8 Å². The van der Waals surface area contributed by atoms with Crippen LogP contribution in [-0.2, 0) is 20.8 Å². The Morgan fingerprint density at radius 2 is 1.72 bits per heavy atom. The van der Waals surface area contributed by atoms with Crippen molar-refractivity contribution in [1.29, 1.82) is 0 Å². The summed E-state index contributed by atoms with van der Waals surface area (Å²) in [5, 5.41) is 11.9. The average molecular weight is 391 g/mol. The van der Waals surface area contributed by atoms with Crippen molar-refractivity contribution in [2.24, 2.45) is 10.3 Å². The molecule has 2 aliphatic heterocycles. The summed E-state index contributed by atoms with van der Waals surface area (Å²) in [6, 6.07) is 12.8. The Morgan fingerprint density at radius 1 is 1.03 bits per heavy atom. The number of fused-ring (bicyclic) bond motifs is 1. The fraction of sp³-hybridized carbons (Fsp3) is 0.286. The predicted molar refractivity (Wildman–Crippen MR) is 107 cm³/mol. The monoisotopic (exact) mass is 391 g/mol. The first-order chi connectivity index (χ1) is 14.0. The molecule has 0 aliphatic carbocycles. The molecule has 0 aromatic heterocycles. The lowest BCUT2D eigenvalue weighted by Crippen LogP contribution is -2.43. The highest BCUT2D eigenvalue weighted by Crippen LogP contribution is 2.31. The molecule has 2 atom stereocenters. The second-order valence-electron chi connectivity index (χ2n) is 7.14. The molecule has 3 amide bonds. The van der Waals surface area contributed by atoms with Gasteiger partial charge in [-0.1, -0.05) is 42.0 Å². The van der Waals surface area contributed by atoms with Gasteiger partial charge in [-0.2, -0.15) is 5.11 Å². The van der Waals surface area contributed by atoms with E-state index in [2.05, 4.69) is 22.6 Å². The van der Waals surface area contributed by atoms with Crippen LogP contribution < -0.4 is 10.2 Å². The topological polar surface area (TPSA) is 94.4 Å². The number of nitrogens with one attached hydrogen (secondary N) is 1. The highest BCUT2D eigenvalue weighted by Gasteiger charge is 2.55. The molecule has 2 heterocycles. The Hall–Kier alpha value is -3.55. The zero-order valence-corrected chi connectivity index (χ0v) is 16.2. The summed E-state index contributed by atoms with van der Waals surface area (Å²) in [4.78, 5) is 39.2. The number of anilines is 2. The number of hydrogen-bond acceptors (Lipinski definition) is 6. The average Bonchev–Trinajstić information content (AvgIpc) is 3.23. The van der Waals surface area contributed by atoms with Gasteiger partial charge >= 0.3 is 0 Å². The second kappa shape index (κ2) is 7.46. The van der Waals surface area contributed by atoms with Crippen molar-refractivity contribution in [3.8, 4) is 0 Å². The molecule has 1 N–H and O–H groups in total. The SMILES string of the molecule is CCc1ccc(NC(=O)CN2N=N[C@H]3C(=O)N(c4ccc(C)cc4)C(=O)[C@H]32)cc1. The molecule has 0 unspecified atom stereocenters. The summed E-state index contributed by atoms with van der Waals surface area (Å²) in [5.41, 5.74) is 3.36. The van der Waals surface area contributed by atoms with Gasteiger partial charge in [0, 0.05) is 5.69 Å². The van der Waals surface area contributed by atoms with Gasteiger partial charge < -0.3 is 5.32 Å². The Bertz CT molecular complexity index is 984. The molecule has 29 heavy (non-hydrogen) atoms.